The highest BCUT2D eigenvalue weighted by molar-refractivity contribution is 5.44. The van der Waals surface area contributed by atoms with Gasteiger partial charge in [0.1, 0.15) is 25.3 Å². The molecule has 0 bridgehead atoms. The lowest BCUT2D eigenvalue weighted by molar-refractivity contribution is -0.207. The van der Waals surface area contributed by atoms with Gasteiger partial charge in [-0.15, -0.1) is 0 Å². The van der Waals surface area contributed by atoms with E-state index in [0.29, 0.717) is 43.2 Å². The number of benzene rings is 2. The van der Waals surface area contributed by atoms with Crippen LogP contribution in [-0.2, 0) is 12.8 Å². The minimum Gasteiger partial charge on any atom is -0.486 e. The van der Waals surface area contributed by atoms with Gasteiger partial charge in [0.25, 0.3) is 0 Å². The predicted molar refractivity (Wildman–Crippen MR) is 124 cm³/mol. The summed E-state index contributed by atoms with van der Waals surface area (Å²) >= 11 is 0. The molecule has 0 saturated carbocycles. The molecule has 3 atom stereocenters. The molecular weight excluding hydrogens is 464 g/mol. The Morgan fingerprint density at radius 3 is 2.29 bits per heavy atom. The summed E-state index contributed by atoms with van der Waals surface area (Å²) in [6, 6.07) is 10.6. The minimum atomic E-state index is -4.58. The third kappa shape index (κ3) is 7.32. The average molecular weight is 497 g/mol. The Balaban J connectivity index is 1.45. The van der Waals surface area contributed by atoms with Gasteiger partial charge in [0.15, 0.2) is 11.5 Å². The molecule has 2 heterocycles. The fourth-order valence-corrected chi connectivity index (χ4v) is 4.78. The second-order valence-corrected chi connectivity index (χ2v) is 9.31. The number of fused-ring (bicyclic) bond motifs is 1. The highest BCUT2D eigenvalue weighted by Gasteiger charge is 2.44. The van der Waals surface area contributed by atoms with Gasteiger partial charge in [0.05, 0.1) is 5.92 Å². The lowest BCUT2D eigenvalue weighted by Crippen LogP contribution is -2.51. The van der Waals surface area contributed by atoms with Crippen molar-refractivity contribution in [3.8, 4) is 11.5 Å². The summed E-state index contributed by atoms with van der Waals surface area (Å²) in [4.78, 5) is 2.21. The molecule has 0 radical (unpaired) electrons. The number of halogens is 4. The van der Waals surface area contributed by atoms with Gasteiger partial charge < -0.3 is 19.5 Å². The number of hydrogen-bond donors (Lipinski definition) is 2. The Bertz CT molecular complexity index is 949. The molecule has 2 aromatic carbocycles. The van der Waals surface area contributed by atoms with E-state index in [1.165, 1.54) is 24.3 Å². The quantitative estimate of drug-likeness (QED) is 0.379. The largest absolute Gasteiger partial charge is 0.486 e. The van der Waals surface area contributed by atoms with Crippen molar-refractivity contribution in [2.75, 3.05) is 32.8 Å². The fraction of sp³-hybridized carbons (Fsp3) is 0.538. The summed E-state index contributed by atoms with van der Waals surface area (Å²) in [5, 5.41) is 13.6. The monoisotopic (exact) mass is 496 g/mol. The number of likely N-dealkylation sites (tertiary alicyclic amines) is 1. The average Bonchev–Trinajstić information content (AvgIpc) is 3.32. The van der Waals surface area contributed by atoms with Gasteiger partial charge in [0.2, 0.25) is 0 Å². The maximum absolute atomic E-state index is 13.9. The molecule has 0 spiro atoms. The molecule has 0 aromatic heterocycles. The first kappa shape index (κ1) is 25.7. The van der Waals surface area contributed by atoms with Crippen LogP contribution in [0.3, 0.4) is 0 Å². The summed E-state index contributed by atoms with van der Waals surface area (Å²) in [7, 11) is 0. The summed E-state index contributed by atoms with van der Waals surface area (Å²) in [5.41, 5.74) is 1.49. The first-order chi connectivity index (χ1) is 16.8. The van der Waals surface area contributed by atoms with Crippen molar-refractivity contribution in [3.05, 3.63) is 59.4 Å². The number of aliphatic hydroxyl groups is 1. The molecule has 35 heavy (non-hydrogen) atoms. The van der Waals surface area contributed by atoms with Crippen molar-refractivity contribution in [2.24, 2.45) is 5.92 Å². The smallest absolute Gasteiger partial charge is 0.395 e. The third-order valence-electron chi connectivity index (χ3n) is 6.63. The molecule has 2 aliphatic heterocycles. The number of ether oxygens (including phenoxy) is 2. The minimum absolute atomic E-state index is 0.0855. The molecule has 2 unspecified atom stereocenters. The summed E-state index contributed by atoms with van der Waals surface area (Å²) in [6.07, 6.45) is -4.01. The van der Waals surface area contributed by atoms with Crippen molar-refractivity contribution in [1.29, 1.82) is 0 Å². The molecule has 0 amide bonds. The standard InChI is InChI=1S/C26H32F4N2O3/c27-20-7-3-18(4-8-20)5-9-22(26(28,29)30)25(33)31-21(17-32-11-1-2-12-32)15-19-6-10-23-24(16-19)35-14-13-34-23/h3-4,6-8,10,16,21-22,25,31,33H,1-2,5,9,11-15,17H2/t21-,22?,25?/m0/s1. The Labute approximate surface area is 203 Å². The zero-order chi connectivity index (χ0) is 24.8. The van der Waals surface area contributed by atoms with Crippen LogP contribution in [0.2, 0.25) is 0 Å². The Hall–Kier alpha value is -2.36. The number of aryl methyl sites for hydroxylation is 1. The lowest BCUT2D eigenvalue weighted by Gasteiger charge is -2.32. The van der Waals surface area contributed by atoms with Gasteiger partial charge in [-0.2, -0.15) is 13.2 Å². The third-order valence-corrected chi connectivity index (χ3v) is 6.63. The maximum atomic E-state index is 13.9. The SMILES string of the molecule is OC(N[C@@H](Cc1ccc2c(c1)OCCO2)CN1CCCC1)C(CCc1ccc(F)cc1)C(F)(F)F. The van der Waals surface area contributed by atoms with Crippen LogP contribution in [0.5, 0.6) is 11.5 Å². The molecule has 4 rings (SSSR count). The second kappa shape index (κ2) is 11.6. The van der Waals surface area contributed by atoms with E-state index in [9.17, 15) is 22.7 Å². The van der Waals surface area contributed by atoms with Gasteiger partial charge in [0, 0.05) is 12.6 Å². The maximum Gasteiger partial charge on any atom is 0.395 e. The van der Waals surface area contributed by atoms with Crippen LogP contribution >= 0.6 is 0 Å². The van der Waals surface area contributed by atoms with Gasteiger partial charge in [-0.25, -0.2) is 4.39 Å². The molecule has 2 N–H and O–H groups in total. The lowest BCUT2D eigenvalue weighted by atomic mass is 9.96. The molecule has 2 aliphatic rings. The zero-order valence-corrected chi connectivity index (χ0v) is 19.6. The van der Waals surface area contributed by atoms with Gasteiger partial charge >= 0.3 is 6.18 Å². The fourth-order valence-electron chi connectivity index (χ4n) is 4.78. The molecule has 5 nitrogen and oxygen atoms in total. The van der Waals surface area contributed by atoms with Gasteiger partial charge in [-0.05, 0) is 80.6 Å². The Kier molecular flexibility index (Phi) is 8.51. The van der Waals surface area contributed by atoms with Crippen LogP contribution < -0.4 is 14.8 Å². The number of nitrogens with zero attached hydrogens (tertiary/aromatic N) is 1. The molecule has 2 aromatic rings. The van der Waals surface area contributed by atoms with E-state index < -0.39 is 24.1 Å². The molecule has 1 fully saturated rings. The van der Waals surface area contributed by atoms with Crippen LogP contribution in [-0.4, -0.2) is 61.3 Å². The van der Waals surface area contributed by atoms with Crippen molar-refractivity contribution in [1.82, 2.24) is 10.2 Å². The van der Waals surface area contributed by atoms with Crippen LogP contribution in [0.25, 0.3) is 0 Å². The van der Waals surface area contributed by atoms with E-state index in [-0.39, 0.29) is 18.9 Å². The Morgan fingerprint density at radius 2 is 1.60 bits per heavy atom. The number of hydrogen-bond acceptors (Lipinski definition) is 5. The highest BCUT2D eigenvalue weighted by Crippen LogP contribution is 2.33. The topological polar surface area (TPSA) is 54.0 Å². The number of nitrogens with one attached hydrogen (secondary N) is 1. The number of rotatable bonds is 10. The van der Waals surface area contributed by atoms with E-state index in [1.54, 1.807) is 0 Å². The van der Waals surface area contributed by atoms with E-state index in [2.05, 4.69) is 10.2 Å². The predicted octanol–water partition coefficient (Wildman–Crippen LogP) is 4.32. The first-order valence-corrected chi connectivity index (χ1v) is 12.1. The van der Waals surface area contributed by atoms with Crippen LogP contribution in [0.1, 0.15) is 30.4 Å². The summed E-state index contributed by atoms with van der Waals surface area (Å²) in [6.45, 7) is 3.25. The van der Waals surface area contributed by atoms with E-state index >= 15 is 0 Å². The second-order valence-electron chi connectivity index (χ2n) is 9.31. The summed E-state index contributed by atoms with van der Waals surface area (Å²) < 4.78 is 66.1. The number of alkyl halides is 3. The number of aliphatic hydroxyl groups excluding tert-OH is 1. The normalized spacial score (nSPS) is 18.9. The Morgan fingerprint density at radius 1 is 0.943 bits per heavy atom. The van der Waals surface area contributed by atoms with Crippen molar-refractivity contribution >= 4 is 0 Å². The molecular formula is C26H32F4N2O3. The van der Waals surface area contributed by atoms with Gasteiger partial charge in [-0.3, -0.25) is 5.32 Å². The van der Waals surface area contributed by atoms with Crippen LogP contribution in [0.4, 0.5) is 17.6 Å². The highest BCUT2D eigenvalue weighted by atomic mass is 19.4. The van der Waals surface area contributed by atoms with E-state index in [4.69, 9.17) is 9.47 Å². The molecule has 0 aliphatic carbocycles. The molecule has 9 heteroatoms. The molecule has 192 valence electrons. The van der Waals surface area contributed by atoms with Gasteiger partial charge in [-0.1, -0.05) is 18.2 Å². The summed E-state index contributed by atoms with van der Waals surface area (Å²) in [5.74, 6) is -1.11. The van der Waals surface area contributed by atoms with Crippen LogP contribution in [0, 0.1) is 11.7 Å². The van der Waals surface area contributed by atoms with Crippen molar-refractivity contribution < 1.29 is 32.1 Å². The zero-order valence-electron chi connectivity index (χ0n) is 19.6. The van der Waals surface area contributed by atoms with Crippen LogP contribution in [0.15, 0.2) is 42.5 Å². The van der Waals surface area contributed by atoms with Crippen molar-refractivity contribution in [2.45, 2.75) is 50.6 Å². The van der Waals surface area contributed by atoms with E-state index in [1.807, 2.05) is 18.2 Å². The molecule has 1 saturated heterocycles. The van der Waals surface area contributed by atoms with Crippen molar-refractivity contribution in [3.63, 3.8) is 0 Å². The van der Waals surface area contributed by atoms with E-state index in [0.717, 1.165) is 31.5 Å². The first-order valence-electron chi connectivity index (χ1n) is 12.1.